The molecule has 1 heterocycles. The van der Waals surface area contributed by atoms with Crippen LogP contribution in [0.5, 0.6) is 0 Å². The number of rotatable bonds is 4. The average molecular weight is 386 g/mol. The van der Waals surface area contributed by atoms with Gasteiger partial charge in [0.15, 0.2) is 5.78 Å². The molecule has 0 saturated heterocycles. The first-order valence-electron chi connectivity index (χ1n) is 7.14. The zero-order valence-electron chi connectivity index (χ0n) is 12.5. The summed E-state index contributed by atoms with van der Waals surface area (Å²) >= 11 is 6.43. The number of hydrogen-bond acceptors (Lipinski definition) is 4. The van der Waals surface area contributed by atoms with Gasteiger partial charge in [-0.05, 0) is 36.4 Å². The fourth-order valence-corrected chi connectivity index (χ4v) is 3.52. The van der Waals surface area contributed by atoms with E-state index in [1.165, 1.54) is 24.3 Å². The Morgan fingerprint density at radius 3 is 2.36 bits per heavy atom. The van der Waals surface area contributed by atoms with E-state index in [1.807, 2.05) is 0 Å². The molecule has 25 heavy (non-hydrogen) atoms. The number of para-hydroxylation sites is 1. The van der Waals surface area contributed by atoms with Crippen molar-refractivity contribution >= 4 is 38.9 Å². The summed E-state index contributed by atoms with van der Waals surface area (Å²) in [6.07, 6.45) is -6.21. The Bertz CT molecular complexity index is 891. The second kappa shape index (κ2) is 6.40. The van der Waals surface area contributed by atoms with Crippen molar-refractivity contribution in [2.75, 3.05) is 0 Å². The number of nitrogens with zero attached hydrogens (tertiary/aromatic N) is 1. The number of fused-ring (bicyclic) bond motifs is 1. The Morgan fingerprint density at radius 1 is 1.12 bits per heavy atom. The van der Waals surface area contributed by atoms with Crippen molar-refractivity contribution in [3.05, 3.63) is 64.1 Å². The van der Waals surface area contributed by atoms with Gasteiger partial charge in [-0.15, -0.1) is 11.3 Å². The molecule has 0 unspecified atom stereocenters. The number of Topliss-reactive ketones (excluding diaryl/α,β-unsaturated/α-hetero) is 1. The number of hydrogen-bond donors (Lipinski definition) is 1. The van der Waals surface area contributed by atoms with Gasteiger partial charge in [0.05, 0.1) is 16.6 Å². The highest BCUT2D eigenvalue weighted by molar-refractivity contribution is 7.18. The van der Waals surface area contributed by atoms with Gasteiger partial charge in [0.25, 0.3) is 0 Å². The molecular weight excluding hydrogens is 375 g/mol. The molecule has 8 heteroatoms. The number of thiazole rings is 1. The van der Waals surface area contributed by atoms with E-state index in [2.05, 4.69) is 4.98 Å². The molecule has 0 saturated carbocycles. The van der Waals surface area contributed by atoms with Crippen molar-refractivity contribution in [3.63, 3.8) is 0 Å². The Balaban J connectivity index is 2.01. The summed E-state index contributed by atoms with van der Waals surface area (Å²) in [5.74, 6) is -0.851. The van der Waals surface area contributed by atoms with Crippen LogP contribution >= 0.6 is 22.9 Å². The predicted octanol–water partition coefficient (Wildman–Crippen LogP) is 4.97. The van der Waals surface area contributed by atoms with Gasteiger partial charge in [-0.1, -0.05) is 23.7 Å². The van der Waals surface area contributed by atoms with E-state index in [1.54, 1.807) is 24.3 Å². The lowest BCUT2D eigenvalue weighted by atomic mass is 9.93. The third-order valence-electron chi connectivity index (χ3n) is 3.70. The standard InChI is InChI=1S/C17H11ClF3NO2S/c18-11-7-5-10(6-8-11)13(23)9-16(24,17(19,20)21)15-22-12-3-1-2-4-14(12)25-15/h1-8,24H,9H2/t16-/m1/s1. The number of benzene rings is 2. The first kappa shape index (κ1) is 17.8. The largest absolute Gasteiger partial charge is 0.424 e. The molecule has 3 aromatic rings. The van der Waals surface area contributed by atoms with Crippen LogP contribution in [0.4, 0.5) is 13.2 Å². The molecule has 3 nitrogen and oxygen atoms in total. The van der Waals surface area contributed by atoms with Gasteiger partial charge in [-0.2, -0.15) is 13.2 Å². The fraction of sp³-hybridized carbons (Fsp3) is 0.176. The molecular formula is C17H11ClF3NO2S. The zero-order valence-corrected chi connectivity index (χ0v) is 14.1. The molecule has 0 aliphatic heterocycles. The fourth-order valence-electron chi connectivity index (χ4n) is 2.32. The molecule has 3 rings (SSSR count). The minimum atomic E-state index is -5.05. The van der Waals surface area contributed by atoms with Crippen LogP contribution in [-0.2, 0) is 5.60 Å². The van der Waals surface area contributed by atoms with E-state index in [0.29, 0.717) is 26.6 Å². The highest BCUT2D eigenvalue weighted by atomic mass is 35.5. The maximum atomic E-state index is 13.6. The van der Waals surface area contributed by atoms with E-state index < -0.39 is 29.0 Å². The predicted molar refractivity (Wildman–Crippen MR) is 90.0 cm³/mol. The number of ketones is 1. The highest BCUT2D eigenvalue weighted by Gasteiger charge is 2.58. The van der Waals surface area contributed by atoms with Gasteiger partial charge in [0, 0.05) is 10.6 Å². The third kappa shape index (κ3) is 3.40. The number of carbonyl (C=O) groups is 1. The number of halogens is 4. The van der Waals surface area contributed by atoms with Crippen molar-refractivity contribution < 1.29 is 23.1 Å². The van der Waals surface area contributed by atoms with Crippen molar-refractivity contribution in [1.29, 1.82) is 0 Å². The lowest BCUT2D eigenvalue weighted by Crippen LogP contribution is -2.44. The van der Waals surface area contributed by atoms with Gasteiger partial charge in [-0.25, -0.2) is 4.98 Å². The van der Waals surface area contributed by atoms with Crippen LogP contribution in [0.25, 0.3) is 10.2 Å². The summed E-state index contributed by atoms with van der Waals surface area (Å²) in [6.45, 7) is 0. The van der Waals surface area contributed by atoms with Crippen LogP contribution in [0.2, 0.25) is 5.02 Å². The molecule has 1 atom stereocenters. The first-order valence-corrected chi connectivity index (χ1v) is 8.34. The molecule has 0 fully saturated rings. The van der Waals surface area contributed by atoms with E-state index >= 15 is 0 Å². The minimum Gasteiger partial charge on any atom is -0.374 e. The van der Waals surface area contributed by atoms with Crippen LogP contribution in [0.15, 0.2) is 48.5 Å². The maximum absolute atomic E-state index is 13.6. The zero-order chi connectivity index (χ0) is 18.2. The molecule has 0 spiro atoms. The third-order valence-corrected chi connectivity index (χ3v) is 5.14. The van der Waals surface area contributed by atoms with Crippen LogP contribution in [-0.4, -0.2) is 22.1 Å². The monoisotopic (exact) mass is 385 g/mol. The lowest BCUT2D eigenvalue weighted by Gasteiger charge is -2.27. The van der Waals surface area contributed by atoms with Gasteiger partial charge >= 0.3 is 6.18 Å². The minimum absolute atomic E-state index is 0.0354. The van der Waals surface area contributed by atoms with Gasteiger partial charge < -0.3 is 5.11 Å². The van der Waals surface area contributed by atoms with Crippen molar-refractivity contribution in [2.45, 2.75) is 18.2 Å². The molecule has 0 amide bonds. The molecule has 0 aliphatic carbocycles. The SMILES string of the molecule is O=C(C[C@@](O)(c1nc2ccccc2s1)C(F)(F)F)c1ccc(Cl)cc1. The highest BCUT2D eigenvalue weighted by Crippen LogP contribution is 2.44. The van der Waals surface area contributed by atoms with E-state index in [0.717, 1.165) is 0 Å². The summed E-state index contributed by atoms with van der Waals surface area (Å²) in [4.78, 5) is 16.2. The molecule has 0 radical (unpaired) electrons. The number of carbonyl (C=O) groups excluding carboxylic acids is 1. The van der Waals surface area contributed by atoms with E-state index in [4.69, 9.17) is 11.6 Å². The van der Waals surface area contributed by atoms with E-state index in [-0.39, 0.29) is 5.56 Å². The normalized spacial score (nSPS) is 14.4. The Morgan fingerprint density at radius 2 is 1.76 bits per heavy atom. The topological polar surface area (TPSA) is 50.2 Å². The second-order valence-electron chi connectivity index (χ2n) is 5.45. The molecule has 1 aromatic heterocycles. The van der Waals surface area contributed by atoms with Crippen LogP contribution < -0.4 is 0 Å². The first-order chi connectivity index (χ1) is 11.7. The summed E-state index contributed by atoms with van der Waals surface area (Å²) in [6, 6.07) is 11.9. The number of aliphatic hydroxyl groups is 1. The van der Waals surface area contributed by atoms with Crippen molar-refractivity contribution in [2.24, 2.45) is 0 Å². The average Bonchev–Trinajstić information content (AvgIpc) is 2.98. The summed E-state index contributed by atoms with van der Waals surface area (Å²) in [5, 5.41) is 10.2. The van der Waals surface area contributed by atoms with Gasteiger partial charge in [-0.3, -0.25) is 4.79 Å². The molecule has 2 aromatic carbocycles. The van der Waals surface area contributed by atoms with Crippen LogP contribution in [0.3, 0.4) is 0 Å². The van der Waals surface area contributed by atoms with Crippen LogP contribution in [0.1, 0.15) is 21.8 Å². The number of aromatic nitrogens is 1. The maximum Gasteiger partial charge on any atom is 0.424 e. The molecule has 130 valence electrons. The number of alkyl halides is 3. The molecule has 1 N–H and O–H groups in total. The van der Waals surface area contributed by atoms with Gasteiger partial charge in [0.1, 0.15) is 5.01 Å². The quantitative estimate of drug-likeness (QED) is 0.645. The Hall–Kier alpha value is -1.96. The van der Waals surface area contributed by atoms with Crippen LogP contribution in [0, 0.1) is 0 Å². The lowest BCUT2D eigenvalue weighted by molar-refractivity contribution is -0.264. The summed E-state index contributed by atoms with van der Waals surface area (Å²) in [5.41, 5.74) is -2.98. The molecule has 0 aliphatic rings. The smallest absolute Gasteiger partial charge is 0.374 e. The molecule has 0 bridgehead atoms. The van der Waals surface area contributed by atoms with Crippen molar-refractivity contribution in [3.8, 4) is 0 Å². The Kier molecular flexibility index (Phi) is 4.57. The second-order valence-corrected chi connectivity index (χ2v) is 6.92. The summed E-state index contributed by atoms with van der Waals surface area (Å²) < 4.78 is 41.3. The van der Waals surface area contributed by atoms with Gasteiger partial charge in [0.2, 0.25) is 5.60 Å². The Labute approximate surface area is 149 Å². The van der Waals surface area contributed by atoms with E-state index in [9.17, 15) is 23.1 Å². The van der Waals surface area contributed by atoms with Crippen molar-refractivity contribution in [1.82, 2.24) is 4.98 Å². The summed E-state index contributed by atoms with van der Waals surface area (Å²) in [7, 11) is 0.